The van der Waals surface area contributed by atoms with Gasteiger partial charge in [0.2, 0.25) is 5.89 Å². The summed E-state index contributed by atoms with van der Waals surface area (Å²) in [4.78, 5) is 9.82. The van der Waals surface area contributed by atoms with Crippen LogP contribution in [-0.2, 0) is 13.0 Å². The van der Waals surface area contributed by atoms with E-state index in [1.165, 1.54) is 5.56 Å². The van der Waals surface area contributed by atoms with Crippen LogP contribution < -0.4 is 0 Å². The molecule has 2 aromatic rings. The first-order valence-electron chi connectivity index (χ1n) is 8.09. The molecule has 1 aliphatic carbocycles. The second-order valence-electron chi connectivity index (χ2n) is 6.76. The molecule has 0 amide bonds. The second-order valence-corrected chi connectivity index (χ2v) is 6.76. The van der Waals surface area contributed by atoms with E-state index < -0.39 is 5.60 Å². The molecule has 2 N–H and O–H groups in total. The predicted molar refractivity (Wildman–Crippen MR) is 80.2 cm³/mol. The van der Waals surface area contributed by atoms with E-state index in [1.807, 2.05) is 12.4 Å². The third-order valence-electron chi connectivity index (χ3n) is 4.61. The minimum absolute atomic E-state index is 0.455. The summed E-state index contributed by atoms with van der Waals surface area (Å²) in [6.07, 6.45) is 8.50. The molecule has 0 bridgehead atoms. The fourth-order valence-electron chi connectivity index (χ4n) is 3.33. The molecular formula is C16H22N4O2. The fraction of sp³-hybridized carbons (Fsp3) is 0.625. The first kappa shape index (κ1) is 14.0. The lowest BCUT2D eigenvalue weighted by molar-refractivity contribution is -0.0373. The highest BCUT2D eigenvalue weighted by molar-refractivity contribution is 5.09. The Bertz CT molecular complexity index is 620. The van der Waals surface area contributed by atoms with Gasteiger partial charge in [-0.15, -0.1) is 0 Å². The topological polar surface area (TPSA) is 78.2 Å². The Morgan fingerprint density at radius 2 is 2.36 bits per heavy atom. The van der Waals surface area contributed by atoms with Crippen molar-refractivity contribution in [2.45, 2.75) is 50.2 Å². The normalized spacial score (nSPS) is 26.4. The Morgan fingerprint density at radius 1 is 1.45 bits per heavy atom. The van der Waals surface area contributed by atoms with Gasteiger partial charge in [0.05, 0.1) is 12.0 Å². The minimum Gasteiger partial charge on any atom is -0.388 e. The third kappa shape index (κ3) is 3.08. The molecular weight excluding hydrogens is 280 g/mol. The van der Waals surface area contributed by atoms with Crippen molar-refractivity contribution >= 4 is 0 Å². The Kier molecular flexibility index (Phi) is 3.50. The Balaban J connectivity index is 1.40. The largest absolute Gasteiger partial charge is 0.388 e. The van der Waals surface area contributed by atoms with Gasteiger partial charge in [-0.3, -0.25) is 4.90 Å². The molecule has 2 aromatic heterocycles. The molecule has 6 heteroatoms. The van der Waals surface area contributed by atoms with Crippen molar-refractivity contribution in [1.29, 1.82) is 0 Å². The average molecular weight is 302 g/mol. The van der Waals surface area contributed by atoms with Gasteiger partial charge in [0, 0.05) is 31.4 Å². The van der Waals surface area contributed by atoms with Gasteiger partial charge in [0.15, 0.2) is 5.82 Å². The van der Waals surface area contributed by atoms with Crippen LogP contribution >= 0.6 is 0 Å². The molecule has 0 spiro atoms. The van der Waals surface area contributed by atoms with E-state index in [-0.39, 0.29) is 0 Å². The van der Waals surface area contributed by atoms with Crippen LogP contribution in [0.25, 0.3) is 0 Å². The van der Waals surface area contributed by atoms with E-state index in [0.717, 1.165) is 44.6 Å². The smallest absolute Gasteiger partial charge is 0.229 e. The van der Waals surface area contributed by atoms with Crippen LogP contribution in [0.2, 0.25) is 0 Å². The number of nitrogens with one attached hydrogen (secondary N) is 1. The summed E-state index contributed by atoms with van der Waals surface area (Å²) in [6, 6.07) is 2.08. The quantitative estimate of drug-likeness (QED) is 0.881. The highest BCUT2D eigenvalue weighted by atomic mass is 16.5. The highest BCUT2D eigenvalue weighted by Crippen LogP contribution is 2.38. The van der Waals surface area contributed by atoms with Crippen LogP contribution in [0.1, 0.15) is 48.9 Å². The monoisotopic (exact) mass is 302 g/mol. The van der Waals surface area contributed by atoms with Gasteiger partial charge in [-0.1, -0.05) is 5.16 Å². The number of β-amino-alcohol motifs (C(OH)–C–C–N with tert-alkyl or cyclic N) is 1. The lowest BCUT2D eigenvalue weighted by Crippen LogP contribution is -2.49. The summed E-state index contributed by atoms with van der Waals surface area (Å²) in [6.45, 7) is 2.53. The summed E-state index contributed by atoms with van der Waals surface area (Å²) in [5, 5.41) is 14.9. The van der Waals surface area contributed by atoms with E-state index >= 15 is 0 Å². The van der Waals surface area contributed by atoms with Crippen molar-refractivity contribution in [3.8, 4) is 0 Å². The van der Waals surface area contributed by atoms with E-state index in [1.54, 1.807) is 0 Å². The molecule has 118 valence electrons. The molecule has 3 heterocycles. The summed E-state index contributed by atoms with van der Waals surface area (Å²) in [5.74, 6) is 1.88. The maximum absolute atomic E-state index is 10.9. The number of hydrogen-bond acceptors (Lipinski definition) is 5. The predicted octanol–water partition coefficient (Wildman–Crippen LogP) is 1.84. The van der Waals surface area contributed by atoms with E-state index in [9.17, 15) is 5.11 Å². The maximum Gasteiger partial charge on any atom is 0.229 e. The zero-order chi connectivity index (χ0) is 15.0. The molecule has 1 atom stereocenters. The van der Waals surface area contributed by atoms with Crippen LogP contribution in [0.15, 0.2) is 23.0 Å². The lowest BCUT2D eigenvalue weighted by Gasteiger charge is -2.38. The van der Waals surface area contributed by atoms with Gasteiger partial charge in [-0.2, -0.15) is 4.98 Å². The van der Waals surface area contributed by atoms with Crippen molar-refractivity contribution in [3.05, 3.63) is 35.7 Å². The Hall–Kier alpha value is -1.66. The molecule has 2 aliphatic rings. The van der Waals surface area contributed by atoms with E-state index in [0.29, 0.717) is 24.8 Å². The SMILES string of the molecule is OC1(Cc2nc(C3CC3)no2)CCCN(Cc2cc[nH]c2)C1. The van der Waals surface area contributed by atoms with Gasteiger partial charge in [-0.25, -0.2) is 0 Å². The summed E-state index contributed by atoms with van der Waals surface area (Å²) >= 11 is 0. The Labute approximate surface area is 129 Å². The van der Waals surface area contributed by atoms with Gasteiger partial charge in [-0.05, 0) is 43.9 Å². The molecule has 1 saturated heterocycles. The van der Waals surface area contributed by atoms with E-state index in [2.05, 4.69) is 26.1 Å². The number of rotatable bonds is 5. The highest BCUT2D eigenvalue weighted by Gasteiger charge is 2.36. The number of aliphatic hydroxyl groups is 1. The molecule has 0 aromatic carbocycles. The number of H-pyrrole nitrogens is 1. The number of hydrogen-bond donors (Lipinski definition) is 2. The molecule has 1 unspecified atom stereocenters. The van der Waals surface area contributed by atoms with Gasteiger partial charge in [0.25, 0.3) is 0 Å². The zero-order valence-electron chi connectivity index (χ0n) is 12.7. The van der Waals surface area contributed by atoms with E-state index in [4.69, 9.17) is 4.52 Å². The summed E-state index contributed by atoms with van der Waals surface area (Å²) < 4.78 is 5.33. The van der Waals surface area contributed by atoms with Gasteiger partial charge < -0.3 is 14.6 Å². The van der Waals surface area contributed by atoms with Gasteiger partial charge >= 0.3 is 0 Å². The number of aromatic nitrogens is 3. The first-order valence-corrected chi connectivity index (χ1v) is 8.09. The molecule has 1 aliphatic heterocycles. The minimum atomic E-state index is -0.762. The lowest BCUT2D eigenvalue weighted by atomic mass is 9.89. The van der Waals surface area contributed by atoms with Crippen molar-refractivity contribution in [2.75, 3.05) is 13.1 Å². The van der Waals surface area contributed by atoms with Crippen molar-refractivity contribution in [3.63, 3.8) is 0 Å². The van der Waals surface area contributed by atoms with Crippen LogP contribution in [0.3, 0.4) is 0 Å². The van der Waals surface area contributed by atoms with Crippen LogP contribution in [0.4, 0.5) is 0 Å². The van der Waals surface area contributed by atoms with Crippen LogP contribution in [0.5, 0.6) is 0 Å². The van der Waals surface area contributed by atoms with Crippen molar-refractivity contribution in [1.82, 2.24) is 20.0 Å². The summed E-state index contributed by atoms with van der Waals surface area (Å²) in [5.41, 5.74) is 0.486. The zero-order valence-corrected chi connectivity index (χ0v) is 12.7. The number of piperidine rings is 1. The Morgan fingerprint density at radius 3 is 3.14 bits per heavy atom. The third-order valence-corrected chi connectivity index (χ3v) is 4.61. The molecule has 22 heavy (non-hydrogen) atoms. The summed E-state index contributed by atoms with van der Waals surface area (Å²) in [7, 11) is 0. The average Bonchev–Trinajstić information content (AvgIpc) is 3.02. The molecule has 1 saturated carbocycles. The number of nitrogens with zero attached hydrogens (tertiary/aromatic N) is 3. The van der Waals surface area contributed by atoms with Crippen LogP contribution in [-0.4, -0.2) is 43.8 Å². The van der Waals surface area contributed by atoms with Crippen molar-refractivity contribution in [2.24, 2.45) is 0 Å². The van der Waals surface area contributed by atoms with Crippen molar-refractivity contribution < 1.29 is 9.63 Å². The second kappa shape index (κ2) is 5.52. The van der Waals surface area contributed by atoms with Gasteiger partial charge in [0.1, 0.15) is 0 Å². The van der Waals surface area contributed by atoms with Crippen LogP contribution in [0, 0.1) is 0 Å². The number of likely N-dealkylation sites (tertiary alicyclic amines) is 1. The molecule has 6 nitrogen and oxygen atoms in total. The standard InChI is InChI=1S/C16H22N4O2/c21-16(8-14-18-15(19-22-14)13-2-3-13)5-1-7-20(11-16)10-12-4-6-17-9-12/h4,6,9,13,17,21H,1-3,5,7-8,10-11H2. The maximum atomic E-state index is 10.9. The first-order chi connectivity index (χ1) is 10.7. The molecule has 4 rings (SSSR count). The molecule has 0 radical (unpaired) electrons. The number of aromatic amines is 1. The fourth-order valence-corrected chi connectivity index (χ4v) is 3.33. The molecule has 2 fully saturated rings.